The molecule has 0 spiro atoms. The maximum atomic E-state index is 14.3. The van der Waals surface area contributed by atoms with Gasteiger partial charge in [0.15, 0.2) is 5.78 Å². The molecule has 1 aliphatic heterocycles. The summed E-state index contributed by atoms with van der Waals surface area (Å²) >= 11 is 0. The van der Waals surface area contributed by atoms with Gasteiger partial charge >= 0.3 is 6.03 Å². The number of ketones is 1. The number of anilines is 2. The van der Waals surface area contributed by atoms with E-state index >= 15 is 0 Å². The lowest BCUT2D eigenvalue weighted by molar-refractivity contribution is -0.174. The molecule has 0 bridgehead atoms. The summed E-state index contributed by atoms with van der Waals surface area (Å²) in [5.74, 6) is -1.04. The van der Waals surface area contributed by atoms with Gasteiger partial charge in [-0.05, 0) is 62.2 Å². The molecule has 3 N–H and O–H groups in total. The van der Waals surface area contributed by atoms with Gasteiger partial charge in [-0.25, -0.2) is 4.79 Å². The Kier molecular flexibility index (Phi) is 8.96. The van der Waals surface area contributed by atoms with Crippen molar-refractivity contribution < 1.29 is 23.9 Å². The average Bonchev–Trinajstić information content (AvgIpc) is 2.97. The van der Waals surface area contributed by atoms with E-state index in [-0.39, 0.29) is 25.4 Å². The third-order valence-corrected chi connectivity index (χ3v) is 7.54. The van der Waals surface area contributed by atoms with Crippen molar-refractivity contribution in [2.24, 2.45) is 5.73 Å². The lowest BCUT2D eigenvalue weighted by atomic mass is 9.82. The van der Waals surface area contributed by atoms with Gasteiger partial charge in [-0.15, -0.1) is 0 Å². The number of nitrogens with zero attached hydrogens (tertiary/aromatic N) is 3. The van der Waals surface area contributed by atoms with E-state index in [1.54, 1.807) is 61.6 Å². The average molecular weight is 572 g/mol. The smallest absolute Gasteiger partial charge is 0.324 e. The quantitative estimate of drug-likeness (QED) is 0.396. The molecule has 1 saturated heterocycles. The van der Waals surface area contributed by atoms with E-state index in [4.69, 9.17) is 10.5 Å². The molecule has 0 aromatic heterocycles. The van der Waals surface area contributed by atoms with Gasteiger partial charge in [0, 0.05) is 38.3 Å². The number of benzene rings is 3. The highest BCUT2D eigenvalue weighted by Gasteiger charge is 2.63. The third-order valence-electron chi connectivity index (χ3n) is 7.54. The number of nitrogens with two attached hydrogens (primary N) is 1. The number of aryl methyl sites for hydroxylation is 1. The maximum absolute atomic E-state index is 14.3. The number of likely N-dealkylation sites (N-methyl/N-ethyl adjacent to an activating group) is 1. The molecule has 2 unspecified atom stereocenters. The zero-order valence-electron chi connectivity index (χ0n) is 24.4. The Balaban J connectivity index is 1.77. The molecular formula is C32H37N5O5. The van der Waals surface area contributed by atoms with Crippen LogP contribution in [0.4, 0.5) is 16.2 Å². The van der Waals surface area contributed by atoms with Gasteiger partial charge in [-0.2, -0.15) is 0 Å². The van der Waals surface area contributed by atoms with Gasteiger partial charge in [-0.3, -0.25) is 25.0 Å². The number of amides is 4. The highest BCUT2D eigenvalue weighted by Crippen LogP contribution is 2.37. The minimum absolute atomic E-state index is 0.172. The highest BCUT2D eigenvalue weighted by molar-refractivity contribution is 6.05. The molecule has 10 nitrogen and oxygen atoms in total. The second kappa shape index (κ2) is 12.4. The van der Waals surface area contributed by atoms with E-state index in [1.807, 2.05) is 37.3 Å². The maximum Gasteiger partial charge on any atom is 0.324 e. The number of ether oxygens (including phenoxy) is 1. The van der Waals surface area contributed by atoms with E-state index in [0.717, 1.165) is 5.56 Å². The van der Waals surface area contributed by atoms with E-state index in [1.165, 1.54) is 28.5 Å². The Morgan fingerprint density at radius 3 is 2.14 bits per heavy atom. The number of hydrogen-bond donors (Lipinski definition) is 2. The second-order valence-electron chi connectivity index (χ2n) is 10.5. The first-order chi connectivity index (χ1) is 20.0. The molecule has 3 aromatic rings. The van der Waals surface area contributed by atoms with Crippen LogP contribution < -0.4 is 25.6 Å². The summed E-state index contributed by atoms with van der Waals surface area (Å²) in [5.41, 5.74) is 4.95. The Morgan fingerprint density at radius 1 is 0.929 bits per heavy atom. The SMILES string of the molecule is CC(=O)N1CCCC(N)(Oc2ccccc2)C1(NC(=O)N(CC(=O)N(C)c1ccccc1)c1cccc(C)c1)C(C)=O. The molecule has 2 atom stereocenters. The van der Waals surface area contributed by atoms with Gasteiger partial charge in [0.05, 0.1) is 0 Å². The molecular weight excluding hydrogens is 534 g/mol. The monoisotopic (exact) mass is 571 g/mol. The minimum atomic E-state index is -2.07. The number of Topliss-reactive ketones (excluding diaryl/α,β-unsaturated/α-hetero) is 1. The number of para-hydroxylation sites is 2. The summed E-state index contributed by atoms with van der Waals surface area (Å²) in [6.07, 6.45) is 0.613. The molecule has 1 heterocycles. The van der Waals surface area contributed by atoms with Crippen molar-refractivity contribution in [2.45, 2.75) is 45.0 Å². The first-order valence-electron chi connectivity index (χ1n) is 13.8. The molecule has 220 valence electrons. The van der Waals surface area contributed by atoms with Crippen LogP contribution in [0.1, 0.15) is 32.3 Å². The van der Waals surface area contributed by atoms with Crippen molar-refractivity contribution in [3.8, 4) is 5.75 Å². The van der Waals surface area contributed by atoms with Crippen molar-refractivity contribution in [1.82, 2.24) is 10.2 Å². The van der Waals surface area contributed by atoms with Crippen molar-refractivity contribution in [3.63, 3.8) is 0 Å². The number of piperidine rings is 1. The Hall–Kier alpha value is -4.70. The number of nitrogens with one attached hydrogen (secondary N) is 1. The fourth-order valence-corrected chi connectivity index (χ4v) is 5.38. The van der Waals surface area contributed by atoms with Crippen LogP contribution in [0.2, 0.25) is 0 Å². The molecule has 3 aromatic carbocycles. The highest BCUT2D eigenvalue weighted by atomic mass is 16.5. The molecule has 0 saturated carbocycles. The van der Waals surface area contributed by atoms with Crippen molar-refractivity contribution >= 4 is 35.0 Å². The lowest BCUT2D eigenvalue weighted by Crippen LogP contribution is -2.84. The van der Waals surface area contributed by atoms with Crippen molar-refractivity contribution in [2.75, 3.05) is 29.9 Å². The van der Waals surface area contributed by atoms with E-state index < -0.39 is 29.1 Å². The van der Waals surface area contributed by atoms with Crippen LogP contribution in [-0.4, -0.2) is 60.1 Å². The summed E-state index contributed by atoms with van der Waals surface area (Å²) in [7, 11) is 1.62. The second-order valence-corrected chi connectivity index (χ2v) is 10.5. The Bertz CT molecular complexity index is 1450. The Morgan fingerprint density at radius 2 is 1.55 bits per heavy atom. The summed E-state index contributed by atoms with van der Waals surface area (Å²) in [5, 5.41) is 2.80. The zero-order chi connectivity index (χ0) is 30.5. The normalized spacial score (nSPS) is 19.9. The summed E-state index contributed by atoms with van der Waals surface area (Å²) < 4.78 is 6.24. The van der Waals surface area contributed by atoms with Gasteiger partial charge in [0.25, 0.3) is 0 Å². The third kappa shape index (κ3) is 5.99. The van der Waals surface area contributed by atoms with Crippen LogP contribution in [0.15, 0.2) is 84.9 Å². The fraction of sp³-hybridized carbons (Fsp3) is 0.312. The Labute approximate surface area is 246 Å². The van der Waals surface area contributed by atoms with Crippen molar-refractivity contribution in [1.29, 1.82) is 0 Å². The molecule has 10 heteroatoms. The molecule has 0 radical (unpaired) electrons. The number of urea groups is 1. The minimum Gasteiger partial charge on any atom is -0.468 e. The van der Waals surface area contributed by atoms with Crippen LogP contribution in [0.25, 0.3) is 0 Å². The predicted octanol–water partition coefficient (Wildman–Crippen LogP) is 3.84. The van der Waals surface area contributed by atoms with Gasteiger partial charge in [-0.1, -0.05) is 48.5 Å². The fourth-order valence-electron chi connectivity index (χ4n) is 5.38. The molecule has 4 rings (SSSR count). The van der Waals surface area contributed by atoms with E-state index in [9.17, 15) is 19.2 Å². The topological polar surface area (TPSA) is 125 Å². The zero-order valence-corrected chi connectivity index (χ0v) is 24.4. The number of rotatable bonds is 8. The number of likely N-dealkylation sites (tertiary alicyclic amines) is 1. The number of hydrogen-bond acceptors (Lipinski definition) is 6. The number of carbonyl (C=O) groups excluding carboxylic acids is 4. The van der Waals surface area contributed by atoms with Crippen LogP contribution >= 0.6 is 0 Å². The lowest BCUT2D eigenvalue weighted by Gasteiger charge is -2.55. The van der Waals surface area contributed by atoms with Gasteiger partial charge < -0.3 is 19.9 Å². The van der Waals surface area contributed by atoms with Crippen LogP contribution in [0.5, 0.6) is 5.75 Å². The first-order valence-corrected chi connectivity index (χ1v) is 13.8. The van der Waals surface area contributed by atoms with Gasteiger partial charge in [0.2, 0.25) is 23.2 Å². The molecule has 1 aliphatic rings. The molecule has 4 amide bonds. The van der Waals surface area contributed by atoms with Crippen LogP contribution in [0, 0.1) is 6.92 Å². The van der Waals surface area contributed by atoms with Crippen molar-refractivity contribution in [3.05, 3.63) is 90.5 Å². The predicted molar refractivity (Wildman–Crippen MR) is 161 cm³/mol. The van der Waals surface area contributed by atoms with Crippen LogP contribution in [-0.2, 0) is 14.4 Å². The summed E-state index contributed by atoms with van der Waals surface area (Å²) in [4.78, 5) is 58.3. The first kappa shape index (κ1) is 30.3. The summed E-state index contributed by atoms with van der Waals surface area (Å²) in [6.45, 7) is 4.27. The number of carbonyl (C=O) groups is 4. The standard InChI is InChI=1S/C32H37N5O5/c1-23-13-11-16-27(21-23)36(22-29(40)35(4)26-14-7-5-8-15-26)30(41)34-32(24(2)38)31(33,19-12-20-37(32)25(3)39)42-28-17-9-6-10-18-28/h5-11,13-18,21H,12,19-20,22,33H2,1-4H3,(H,34,41). The van der Waals surface area contributed by atoms with E-state index in [2.05, 4.69) is 5.32 Å². The molecule has 0 aliphatic carbocycles. The van der Waals surface area contributed by atoms with E-state index in [0.29, 0.717) is 23.5 Å². The summed E-state index contributed by atoms with van der Waals surface area (Å²) in [6, 6.07) is 24.0. The van der Waals surface area contributed by atoms with Gasteiger partial charge in [0.1, 0.15) is 12.3 Å². The van der Waals surface area contributed by atoms with Crippen LogP contribution in [0.3, 0.4) is 0 Å². The largest absolute Gasteiger partial charge is 0.468 e. The molecule has 1 fully saturated rings. The molecule has 42 heavy (non-hydrogen) atoms.